The Hall–Kier alpha value is -1.79. The lowest BCUT2D eigenvalue weighted by molar-refractivity contribution is 0.0305. The highest BCUT2D eigenvalue weighted by atomic mass is 32.2. The SMILES string of the molecule is Cc1nc(-c2cc(S(=O)(=O)NC[C@@H]3CCCO3)cn2C)sc1C(=O)N1CCOCC1. The smallest absolute Gasteiger partial charge is 0.266 e. The molecule has 2 aromatic heterocycles. The Kier molecular flexibility index (Phi) is 6.26. The van der Waals surface area contributed by atoms with Crippen molar-refractivity contribution in [1.29, 1.82) is 0 Å². The minimum Gasteiger partial charge on any atom is -0.378 e. The summed E-state index contributed by atoms with van der Waals surface area (Å²) in [6, 6.07) is 1.60. The van der Waals surface area contributed by atoms with Gasteiger partial charge in [-0.3, -0.25) is 4.79 Å². The third-order valence-electron chi connectivity index (χ3n) is 5.32. The van der Waals surface area contributed by atoms with Crippen molar-refractivity contribution in [3.05, 3.63) is 22.8 Å². The van der Waals surface area contributed by atoms with E-state index < -0.39 is 10.0 Å². The number of nitrogens with one attached hydrogen (secondary N) is 1. The van der Waals surface area contributed by atoms with Crippen LogP contribution in [-0.2, 0) is 26.5 Å². The van der Waals surface area contributed by atoms with Gasteiger partial charge in [-0.25, -0.2) is 18.1 Å². The number of ether oxygens (including phenoxy) is 2. The quantitative estimate of drug-likeness (QED) is 0.708. The average Bonchev–Trinajstić information content (AvgIpc) is 3.47. The number of aryl methyl sites for hydroxylation is 2. The Labute approximate surface area is 180 Å². The molecule has 2 aliphatic heterocycles. The number of sulfonamides is 1. The average molecular weight is 455 g/mol. The van der Waals surface area contributed by atoms with Crippen molar-refractivity contribution in [2.24, 2.45) is 7.05 Å². The molecule has 2 aliphatic rings. The zero-order valence-corrected chi connectivity index (χ0v) is 18.7. The van der Waals surface area contributed by atoms with Gasteiger partial charge in [-0.05, 0) is 25.8 Å². The summed E-state index contributed by atoms with van der Waals surface area (Å²) in [5, 5.41) is 0.618. The zero-order chi connectivity index (χ0) is 21.3. The van der Waals surface area contributed by atoms with E-state index in [1.165, 1.54) is 11.3 Å². The Morgan fingerprint density at radius 2 is 2.10 bits per heavy atom. The third kappa shape index (κ3) is 4.45. The predicted octanol–water partition coefficient (Wildman–Crippen LogP) is 1.39. The monoisotopic (exact) mass is 454 g/mol. The summed E-state index contributed by atoms with van der Waals surface area (Å²) in [7, 11) is -1.88. The molecule has 1 N–H and O–H groups in total. The van der Waals surface area contributed by atoms with E-state index in [9.17, 15) is 13.2 Å². The first-order chi connectivity index (χ1) is 14.3. The number of thiazole rings is 1. The van der Waals surface area contributed by atoms with E-state index in [-0.39, 0.29) is 23.5 Å². The fraction of sp³-hybridized carbons (Fsp3) is 0.579. The van der Waals surface area contributed by atoms with Crippen molar-refractivity contribution >= 4 is 27.3 Å². The molecule has 1 amide bonds. The van der Waals surface area contributed by atoms with E-state index in [1.54, 1.807) is 35.7 Å². The maximum Gasteiger partial charge on any atom is 0.266 e. The van der Waals surface area contributed by atoms with Crippen molar-refractivity contribution in [3.63, 3.8) is 0 Å². The van der Waals surface area contributed by atoms with Crippen LogP contribution in [0.3, 0.4) is 0 Å². The van der Waals surface area contributed by atoms with Crippen LogP contribution in [0.4, 0.5) is 0 Å². The van der Waals surface area contributed by atoms with Gasteiger partial charge >= 0.3 is 0 Å². The molecule has 2 saturated heterocycles. The van der Waals surface area contributed by atoms with Gasteiger partial charge in [0.2, 0.25) is 10.0 Å². The van der Waals surface area contributed by atoms with E-state index in [4.69, 9.17) is 9.47 Å². The fourth-order valence-electron chi connectivity index (χ4n) is 3.60. The topological polar surface area (TPSA) is 103 Å². The number of hydrogen-bond donors (Lipinski definition) is 1. The summed E-state index contributed by atoms with van der Waals surface area (Å²) < 4.78 is 40.6. The number of nitrogens with zero attached hydrogens (tertiary/aromatic N) is 3. The van der Waals surface area contributed by atoms with Gasteiger partial charge in [0.1, 0.15) is 14.8 Å². The molecule has 164 valence electrons. The summed E-state index contributed by atoms with van der Waals surface area (Å²) in [6.45, 7) is 4.95. The van der Waals surface area contributed by atoms with Crippen molar-refractivity contribution in [2.45, 2.75) is 30.8 Å². The minimum atomic E-state index is -3.66. The highest BCUT2D eigenvalue weighted by Crippen LogP contribution is 2.31. The first-order valence-electron chi connectivity index (χ1n) is 9.97. The van der Waals surface area contributed by atoms with E-state index in [0.29, 0.717) is 54.2 Å². The highest BCUT2D eigenvalue weighted by molar-refractivity contribution is 7.89. The Morgan fingerprint density at radius 3 is 2.80 bits per heavy atom. The molecular formula is C19H26N4O5S2. The van der Waals surface area contributed by atoms with Crippen molar-refractivity contribution in [1.82, 2.24) is 19.2 Å². The first kappa shape index (κ1) is 21.4. The van der Waals surface area contributed by atoms with E-state index in [1.807, 2.05) is 0 Å². The number of carbonyl (C=O) groups excluding carboxylic acids is 1. The molecule has 2 aromatic rings. The summed E-state index contributed by atoms with van der Waals surface area (Å²) in [4.78, 5) is 19.9. The maximum absolute atomic E-state index is 12.8. The van der Waals surface area contributed by atoms with Crippen molar-refractivity contribution in [2.75, 3.05) is 39.5 Å². The van der Waals surface area contributed by atoms with Crippen LogP contribution in [0.15, 0.2) is 17.2 Å². The molecule has 4 heterocycles. The summed E-state index contributed by atoms with van der Waals surface area (Å²) in [5.74, 6) is -0.0557. The normalized spacial score (nSPS) is 20.1. The van der Waals surface area contributed by atoms with Gasteiger partial charge in [-0.2, -0.15) is 0 Å². The van der Waals surface area contributed by atoms with Gasteiger partial charge in [0.15, 0.2) is 0 Å². The third-order valence-corrected chi connectivity index (χ3v) is 7.88. The van der Waals surface area contributed by atoms with Crippen LogP contribution in [0.1, 0.15) is 28.2 Å². The highest BCUT2D eigenvalue weighted by Gasteiger charge is 2.26. The number of rotatable bonds is 6. The van der Waals surface area contributed by atoms with Gasteiger partial charge < -0.3 is 18.9 Å². The molecule has 11 heteroatoms. The number of carbonyl (C=O) groups is 1. The molecule has 2 fully saturated rings. The second kappa shape index (κ2) is 8.75. The van der Waals surface area contributed by atoms with E-state index in [2.05, 4.69) is 9.71 Å². The molecule has 0 bridgehead atoms. The van der Waals surface area contributed by atoms with Crippen molar-refractivity contribution < 1.29 is 22.7 Å². The predicted molar refractivity (Wildman–Crippen MR) is 112 cm³/mol. The van der Waals surface area contributed by atoms with Crippen LogP contribution in [0, 0.1) is 6.92 Å². The fourth-order valence-corrected chi connectivity index (χ4v) is 5.83. The summed E-state index contributed by atoms with van der Waals surface area (Å²) in [6.07, 6.45) is 3.31. The van der Waals surface area contributed by atoms with E-state index >= 15 is 0 Å². The second-order valence-electron chi connectivity index (χ2n) is 7.50. The lowest BCUT2D eigenvalue weighted by atomic mass is 10.2. The van der Waals surface area contributed by atoms with Gasteiger partial charge in [-0.1, -0.05) is 0 Å². The first-order valence-corrected chi connectivity index (χ1v) is 12.3. The summed E-state index contributed by atoms with van der Waals surface area (Å²) in [5.41, 5.74) is 1.30. The number of morpholine rings is 1. The second-order valence-corrected chi connectivity index (χ2v) is 10.3. The van der Waals surface area contributed by atoms with Gasteiger partial charge in [0.05, 0.1) is 30.7 Å². The molecule has 0 saturated carbocycles. The zero-order valence-electron chi connectivity index (χ0n) is 17.1. The van der Waals surface area contributed by atoms with Gasteiger partial charge in [-0.15, -0.1) is 11.3 Å². The van der Waals surface area contributed by atoms with Crippen LogP contribution in [-0.4, -0.2) is 74.3 Å². The molecule has 30 heavy (non-hydrogen) atoms. The molecule has 0 unspecified atom stereocenters. The molecular weight excluding hydrogens is 428 g/mol. The van der Waals surface area contributed by atoms with Crippen molar-refractivity contribution in [3.8, 4) is 10.7 Å². The van der Waals surface area contributed by atoms with Crippen LogP contribution in [0.25, 0.3) is 10.7 Å². The van der Waals surface area contributed by atoms with Crippen LogP contribution < -0.4 is 4.72 Å². The Bertz CT molecular complexity index is 1020. The largest absolute Gasteiger partial charge is 0.378 e. The number of amides is 1. The van der Waals surface area contributed by atoms with Crippen LogP contribution in [0.2, 0.25) is 0 Å². The van der Waals surface area contributed by atoms with Gasteiger partial charge in [0, 0.05) is 39.5 Å². The Balaban J connectivity index is 1.53. The molecule has 9 nitrogen and oxygen atoms in total. The molecule has 0 radical (unpaired) electrons. The number of hydrogen-bond acceptors (Lipinski definition) is 7. The van der Waals surface area contributed by atoms with Crippen LogP contribution >= 0.6 is 11.3 Å². The lowest BCUT2D eigenvalue weighted by Gasteiger charge is -2.26. The number of aromatic nitrogens is 2. The molecule has 1 atom stereocenters. The molecule has 0 aliphatic carbocycles. The standard InChI is InChI=1S/C19H26N4O5S2/c1-13-17(19(24)23-5-8-27-9-6-23)29-18(21-13)16-10-15(12-22(16)2)30(25,26)20-11-14-4-3-7-28-14/h10,12,14,20H,3-9,11H2,1-2H3/t14-/m0/s1. The minimum absolute atomic E-state index is 0.0557. The van der Waals surface area contributed by atoms with Crippen LogP contribution in [0.5, 0.6) is 0 Å². The van der Waals surface area contributed by atoms with Gasteiger partial charge in [0.25, 0.3) is 5.91 Å². The molecule has 0 spiro atoms. The van der Waals surface area contributed by atoms with E-state index in [0.717, 1.165) is 12.8 Å². The Morgan fingerprint density at radius 1 is 1.33 bits per heavy atom. The maximum atomic E-state index is 12.8. The molecule has 0 aromatic carbocycles. The lowest BCUT2D eigenvalue weighted by Crippen LogP contribution is -2.40. The summed E-state index contributed by atoms with van der Waals surface area (Å²) >= 11 is 1.29. The molecule has 4 rings (SSSR count).